The van der Waals surface area contributed by atoms with Crippen molar-refractivity contribution in [2.75, 3.05) is 0 Å². The Labute approximate surface area is 107 Å². The smallest absolute Gasteiger partial charge is 0.471 e. The molecular formula is C12H12F3NO3. The van der Waals surface area contributed by atoms with Crippen LogP contribution >= 0.6 is 0 Å². The van der Waals surface area contributed by atoms with Crippen molar-refractivity contribution < 1.29 is 27.9 Å². The van der Waals surface area contributed by atoms with Gasteiger partial charge in [-0.2, -0.15) is 13.2 Å². The molecule has 0 saturated carbocycles. The second-order valence-corrected chi connectivity index (χ2v) is 4.06. The summed E-state index contributed by atoms with van der Waals surface area (Å²) in [5, 5.41) is 10.3. The number of benzene rings is 1. The van der Waals surface area contributed by atoms with Crippen molar-refractivity contribution in [2.24, 2.45) is 0 Å². The molecule has 104 valence electrons. The van der Waals surface area contributed by atoms with Crippen molar-refractivity contribution in [1.82, 2.24) is 5.32 Å². The van der Waals surface area contributed by atoms with Crippen molar-refractivity contribution in [3.63, 3.8) is 0 Å². The van der Waals surface area contributed by atoms with Gasteiger partial charge < -0.3 is 10.4 Å². The molecule has 0 radical (unpaired) electrons. The van der Waals surface area contributed by atoms with E-state index in [2.05, 4.69) is 0 Å². The summed E-state index contributed by atoms with van der Waals surface area (Å²) in [6.07, 6.45) is -5.31. The van der Waals surface area contributed by atoms with E-state index in [-0.39, 0.29) is 6.42 Å². The van der Waals surface area contributed by atoms with Gasteiger partial charge in [0.2, 0.25) is 0 Å². The van der Waals surface area contributed by atoms with Gasteiger partial charge in [-0.05, 0) is 12.5 Å². The Bertz CT molecular complexity index is 485. The molecule has 0 fully saturated rings. The summed E-state index contributed by atoms with van der Waals surface area (Å²) in [6, 6.07) is 5.05. The number of nitrogens with one attached hydrogen (secondary N) is 1. The highest BCUT2D eigenvalue weighted by atomic mass is 19.4. The van der Waals surface area contributed by atoms with Crippen LogP contribution in [0.15, 0.2) is 24.3 Å². The molecule has 0 heterocycles. The monoisotopic (exact) mass is 275 g/mol. The Morgan fingerprint density at radius 3 is 2.47 bits per heavy atom. The Hall–Kier alpha value is -2.05. The summed E-state index contributed by atoms with van der Waals surface area (Å²) in [7, 11) is 0. The highest BCUT2D eigenvalue weighted by Gasteiger charge is 2.40. The van der Waals surface area contributed by atoms with Crippen molar-refractivity contribution in [2.45, 2.75) is 25.6 Å². The average Bonchev–Trinajstić information content (AvgIpc) is 2.26. The number of hydrogen-bond donors (Lipinski definition) is 2. The molecule has 1 aromatic carbocycles. The van der Waals surface area contributed by atoms with E-state index in [0.29, 0.717) is 5.56 Å². The number of aliphatic carboxylic acids is 1. The second kappa shape index (κ2) is 5.73. The number of hydrogen-bond acceptors (Lipinski definition) is 2. The summed E-state index contributed by atoms with van der Waals surface area (Å²) in [5.74, 6) is -3.77. The third-order valence-electron chi connectivity index (χ3n) is 2.38. The summed E-state index contributed by atoms with van der Waals surface area (Å²) in [4.78, 5) is 21.6. The van der Waals surface area contributed by atoms with Gasteiger partial charge in [-0.1, -0.05) is 29.8 Å². The van der Waals surface area contributed by atoms with Crippen molar-refractivity contribution in [1.29, 1.82) is 0 Å². The standard InChI is InChI=1S/C12H12F3NO3/c1-7-3-2-4-8(5-7)6-9(10(17)18)16-11(19)12(13,14)15/h2-5,9H,6H2,1H3,(H,16,19)(H,17,18)/t9-/m1/s1. The van der Waals surface area contributed by atoms with Gasteiger partial charge in [0, 0.05) is 6.42 Å². The zero-order chi connectivity index (χ0) is 14.6. The molecule has 0 bridgehead atoms. The second-order valence-electron chi connectivity index (χ2n) is 4.06. The van der Waals surface area contributed by atoms with Gasteiger partial charge in [-0.15, -0.1) is 0 Å². The molecule has 19 heavy (non-hydrogen) atoms. The van der Waals surface area contributed by atoms with E-state index in [4.69, 9.17) is 5.11 Å². The molecule has 0 aliphatic heterocycles. The first-order chi connectivity index (χ1) is 8.70. The Balaban J connectivity index is 2.80. The lowest BCUT2D eigenvalue weighted by atomic mass is 10.0. The van der Waals surface area contributed by atoms with Crippen LogP contribution in [0.3, 0.4) is 0 Å². The van der Waals surface area contributed by atoms with Crippen LogP contribution in [-0.4, -0.2) is 29.2 Å². The molecule has 0 aliphatic carbocycles. The summed E-state index contributed by atoms with van der Waals surface area (Å²) >= 11 is 0. The van der Waals surface area contributed by atoms with E-state index in [1.54, 1.807) is 31.2 Å². The molecule has 2 N–H and O–H groups in total. The van der Waals surface area contributed by atoms with Gasteiger partial charge in [-0.3, -0.25) is 4.79 Å². The first-order valence-corrected chi connectivity index (χ1v) is 5.36. The third-order valence-corrected chi connectivity index (χ3v) is 2.38. The van der Waals surface area contributed by atoms with Crippen LogP contribution in [0.5, 0.6) is 0 Å². The van der Waals surface area contributed by atoms with Crippen LogP contribution in [0.4, 0.5) is 13.2 Å². The highest BCUT2D eigenvalue weighted by molar-refractivity contribution is 5.87. The fraction of sp³-hybridized carbons (Fsp3) is 0.333. The van der Waals surface area contributed by atoms with Gasteiger partial charge in [0.15, 0.2) is 0 Å². The van der Waals surface area contributed by atoms with Gasteiger partial charge >= 0.3 is 18.1 Å². The third kappa shape index (κ3) is 4.61. The molecule has 1 atom stereocenters. The zero-order valence-corrected chi connectivity index (χ0v) is 9.99. The zero-order valence-electron chi connectivity index (χ0n) is 9.99. The molecule has 4 nitrogen and oxygen atoms in total. The van der Waals surface area contributed by atoms with E-state index >= 15 is 0 Å². The number of rotatable bonds is 4. The first kappa shape index (κ1) is 15.0. The number of carboxylic acid groups (broad SMARTS) is 1. The largest absolute Gasteiger partial charge is 0.480 e. The SMILES string of the molecule is Cc1cccc(C[C@@H](NC(=O)C(F)(F)F)C(=O)O)c1. The van der Waals surface area contributed by atoms with E-state index in [1.807, 2.05) is 0 Å². The maximum absolute atomic E-state index is 12.1. The number of carboxylic acids is 1. The minimum absolute atomic E-state index is 0.209. The number of carbonyl (C=O) groups is 2. The maximum Gasteiger partial charge on any atom is 0.471 e. The van der Waals surface area contributed by atoms with E-state index in [9.17, 15) is 22.8 Å². The van der Waals surface area contributed by atoms with Crippen molar-refractivity contribution >= 4 is 11.9 Å². The minimum atomic E-state index is -5.10. The minimum Gasteiger partial charge on any atom is -0.480 e. The summed E-state index contributed by atoms with van der Waals surface area (Å²) < 4.78 is 36.2. The Kier molecular flexibility index (Phi) is 4.52. The number of alkyl halides is 3. The number of amides is 1. The van der Waals surface area contributed by atoms with E-state index in [1.165, 1.54) is 5.32 Å². The first-order valence-electron chi connectivity index (χ1n) is 5.36. The number of aryl methyl sites for hydroxylation is 1. The molecule has 7 heteroatoms. The lowest BCUT2D eigenvalue weighted by molar-refractivity contribution is -0.175. The van der Waals surface area contributed by atoms with Crippen LogP contribution in [-0.2, 0) is 16.0 Å². The molecule has 0 aromatic heterocycles. The van der Waals surface area contributed by atoms with Crippen LogP contribution in [0.2, 0.25) is 0 Å². The molecule has 0 unspecified atom stereocenters. The van der Waals surface area contributed by atoms with Gasteiger partial charge in [0.25, 0.3) is 0 Å². The fourth-order valence-electron chi connectivity index (χ4n) is 1.51. The molecule has 0 aliphatic rings. The molecule has 0 saturated heterocycles. The highest BCUT2D eigenvalue weighted by Crippen LogP contribution is 2.15. The van der Waals surface area contributed by atoms with Gasteiger partial charge in [-0.25, -0.2) is 4.79 Å². The van der Waals surface area contributed by atoms with Crippen molar-refractivity contribution in [3.8, 4) is 0 Å². The van der Waals surface area contributed by atoms with E-state index < -0.39 is 24.1 Å². The molecule has 1 aromatic rings. The molecule has 1 rings (SSSR count). The van der Waals surface area contributed by atoms with Crippen LogP contribution in [0, 0.1) is 6.92 Å². The lowest BCUT2D eigenvalue weighted by Gasteiger charge is -2.16. The maximum atomic E-state index is 12.1. The number of halogens is 3. The van der Waals surface area contributed by atoms with Crippen LogP contribution in [0.25, 0.3) is 0 Å². The predicted molar refractivity (Wildman–Crippen MR) is 60.5 cm³/mol. The fourth-order valence-corrected chi connectivity index (χ4v) is 1.51. The molecule has 0 spiro atoms. The number of carbonyl (C=O) groups excluding carboxylic acids is 1. The van der Waals surface area contributed by atoms with Gasteiger partial charge in [0.05, 0.1) is 0 Å². The van der Waals surface area contributed by atoms with Gasteiger partial charge in [0.1, 0.15) is 6.04 Å². The Morgan fingerprint density at radius 2 is 2.00 bits per heavy atom. The Morgan fingerprint density at radius 1 is 1.37 bits per heavy atom. The predicted octanol–water partition coefficient (Wildman–Crippen LogP) is 1.67. The summed E-state index contributed by atoms with van der Waals surface area (Å²) in [5.41, 5.74) is 1.39. The van der Waals surface area contributed by atoms with E-state index in [0.717, 1.165) is 5.56 Å². The normalized spacial score (nSPS) is 12.8. The van der Waals surface area contributed by atoms with Crippen LogP contribution < -0.4 is 5.32 Å². The topological polar surface area (TPSA) is 66.4 Å². The molecule has 1 amide bonds. The lowest BCUT2D eigenvalue weighted by Crippen LogP contribution is -2.47. The van der Waals surface area contributed by atoms with Crippen molar-refractivity contribution in [3.05, 3.63) is 35.4 Å². The summed E-state index contributed by atoms with van der Waals surface area (Å²) in [6.45, 7) is 1.77. The quantitative estimate of drug-likeness (QED) is 0.878. The molecular weight excluding hydrogens is 263 g/mol. The van der Waals surface area contributed by atoms with Crippen LogP contribution in [0.1, 0.15) is 11.1 Å². The average molecular weight is 275 g/mol.